The minimum absolute atomic E-state index is 0.0321. The Hall–Kier alpha value is -3.55. The zero-order valence-corrected chi connectivity index (χ0v) is 16.8. The summed E-state index contributed by atoms with van der Waals surface area (Å²) >= 11 is 0. The zero-order valence-electron chi connectivity index (χ0n) is 16.8. The first-order valence-corrected chi connectivity index (χ1v) is 9.77. The molecule has 8 heteroatoms. The molecule has 158 valence electrons. The van der Waals surface area contributed by atoms with E-state index in [0.717, 1.165) is 5.69 Å². The molecule has 3 rings (SSSR count). The number of anilines is 1. The maximum absolute atomic E-state index is 12.4. The summed E-state index contributed by atoms with van der Waals surface area (Å²) < 4.78 is 5.12. The molecule has 3 amide bonds. The van der Waals surface area contributed by atoms with Crippen molar-refractivity contribution in [1.29, 1.82) is 0 Å². The van der Waals surface area contributed by atoms with Gasteiger partial charge in [-0.05, 0) is 48.9 Å². The Morgan fingerprint density at radius 1 is 1.13 bits per heavy atom. The molecule has 1 saturated heterocycles. The third-order valence-corrected chi connectivity index (χ3v) is 4.93. The molecule has 1 aliphatic heterocycles. The molecular weight excluding hydrogens is 386 g/mol. The first-order valence-electron chi connectivity index (χ1n) is 9.77. The molecule has 0 bridgehead atoms. The van der Waals surface area contributed by atoms with Crippen molar-refractivity contribution < 1.29 is 24.2 Å². The van der Waals surface area contributed by atoms with Crippen LogP contribution in [0.5, 0.6) is 11.5 Å². The van der Waals surface area contributed by atoms with Gasteiger partial charge in [-0.25, -0.2) is 0 Å². The second kappa shape index (κ2) is 9.78. The number of hydrogen-bond acceptors (Lipinski definition) is 5. The van der Waals surface area contributed by atoms with Gasteiger partial charge >= 0.3 is 0 Å². The second-order valence-corrected chi connectivity index (χ2v) is 7.05. The van der Waals surface area contributed by atoms with E-state index in [0.29, 0.717) is 37.4 Å². The highest BCUT2D eigenvalue weighted by Gasteiger charge is 2.34. The van der Waals surface area contributed by atoms with Gasteiger partial charge in [0.05, 0.1) is 13.0 Å². The van der Waals surface area contributed by atoms with Gasteiger partial charge < -0.3 is 25.4 Å². The highest BCUT2D eigenvalue weighted by atomic mass is 16.5. The van der Waals surface area contributed by atoms with Crippen LogP contribution in [0.2, 0.25) is 0 Å². The minimum Gasteiger partial charge on any atom is -0.508 e. The van der Waals surface area contributed by atoms with Gasteiger partial charge in [-0.15, -0.1) is 0 Å². The summed E-state index contributed by atoms with van der Waals surface area (Å²) in [5.41, 5.74) is 1.12. The Morgan fingerprint density at radius 2 is 1.87 bits per heavy atom. The van der Waals surface area contributed by atoms with Crippen LogP contribution in [0.4, 0.5) is 5.69 Å². The van der Waals surface area contributed by atoms with Crippen molar-refractivity contribution in [3.63, 3.8) is 0 Å². The van der Waals surface area contributed by atoms with E-state index in [1.54, 1.807) is 48.4 Å². The van der Waals surface area contributed by atoms with Crippen LogP contribution in [-0.4, -0.2) is 49.6 Å². The Morgan fingerprint density at radius 3 is 2.57 bits per heavy atom. The number of nitrogens with zero attached hydrogens (tertiary/aromatic N) is 1. The highest BCUT2D eigenvalue weighted by molar-refractivity contribution is 6.00. The molecule has 30 heavy (non-hydrogen) atoms. The van der Waals surface area contributed by atoms with E-state index in [1.165, 1.54) is 12.1 Å². The number of phenolic OH excluding ortho intramolecular Hbond substituents is 1. The molecule has 1 heterocycles. The molecule has 2 aromatic carbocycles. The van der Waals surface area contributed by atoms with E-state index in [1.807, 2.05) is 0 Å². The molecule has 0 saturated carbocycles. The Bertz CT molecular complexity index is 913. The molecule has 3 N–H and O–H groups in total. The lowest BCUT2D eigenvalue weighted by atomic mass is 10.1. The van der Waals surface area contributed by atoms with Gasteiger partial charge in [0.1, 0.15) is 11.5 Å². The number of benzene rings is 2. The lowest BCUT2D eigenvalue weighted by Gasteiger charge is -2.17. The zero-order chi connectivity index (χ0) is 21.5. The number of amides is 3. The third-order valence-electron chi connectivity index (χ3n) is 4.93. The quantitative estimate of drug-likeness (QED) is 0.573. The summed E-state index contributed by atoms with van der Waals surface area (Å²) in [6.07, 6.45) is 0.727. The van der Waals surface area contributed by atoms with E-state index < -0.39 is 5.92 Å². The van der Waals surface area contributed by atoms with E-state index in [9.17, 15) is 19.5 Å². The SMILES string of the molecule is COc1ccc(N2CC(C(=O)NCCCNC(=O)c3cccc(O)c3)CC2=O)cc1. The number of ether oxygens (including phenoxy) is 1. The molecule has 1 aliphatic rings. The maximum Gasteiger partial charge on any atom is 0.251 e. The number of phenols is 1. The summed E-state index contributed by atoms with van der Waals surface area (Å²) in [5.74, 6) is -0.201. The number of carbonyl (C=O) groups excluding carboxylic acids is 3. The predicted molar refractivity (Wildman–Crippen MR) is 112 cm³/mol. The number of nitrogens with one attached hydrogen (secondary N) is 2. The number of methoxy groups -OCH3 is 1. The van der Waals surface area contributed by atoms with Crippen LogP contribution in [0, 0.1) is 5.92 Å². The van der Waals surface area contributed by atoms with Gasteiger partial charge in [-0.1, -0.05) is 6.07 Å². The van der Waals surface area contributed by atoms with Crippen molar-refractivity contribution in [2.75, 3.05) is 31.6 Å². The molecule has 1 fully saturated rings. The van der Waals surface area contributed by atoms with Crippen molar-refractivity contribution in [3.05, 3.63) is 54.1 Å². The fourth-order valence-corrected chi connectivity index (χ4v) is 3.29. The largest absolute Gasteiger partial charge is 0.508 e. The average molecular weight is 411 g/mol. The lowest BCUT2D eigenvalue weighted by molar-refractivity contribution is -0.126. The van der Waals surface area contributed by atoms with Crippen LogP contribution < -0.4 is 20.3 Å². The van der Waals surface area contributed by atoms with E-state index in [2.05, 4.69) is 10.6 Å². The average Bonchev–Trinajstić information content (AvgIpc) is 3.15. The maximum atomic E-state index is 12.4. The van der Waals surface area contributed by atoms with Crippen molar-refractivity contribution >= 4 is 23.4 Å². The van der Waals surface area contributed by atoms with Gasteiger partial charge in [0.2, 0.25) is 11.8 Å². The standard InChI is InChI=1S/C22H25N3O5/c1-30-19-8-6-17(7-9-19)25-14-16(13-20(25)27)22(29)24-11-3-10-23-21(28)15-4-2-5-18(26)12-15/h2,4-9,12,16,26H,3,10-11,13-14H2,1H3,(H,23,28)(H,24,29). The van der Waals surface area contributed by atoms with Gasteiger partial charge in [-0.2, -0.15) is 0 Å². The van der Waals surface area contributed by atoms with Gasteiger partial charge in [0.25, 0.3) is 5.91 Å². The summed E-state index contributed by atoms with van der Waals surface area (Å²) in [6, 6.07) is 13.3. The number of carbonyl (C=O) groups is 3. The first-order chi connectivity index (χ1) is 14.5. The van der Waals surface area contributed by atoms with Crippen LogP contribution in [0.15, 0.2) is 48.5 Å². The van der Waals surface area contributed by atoms with Crippen LogP contribution in [0.3, 0.4) is 0 Å². The highest BCUT2D eigenvalue weighted by Crippen LogP contribution is 2.26. The summed E-state index contributed by atoms with van der Waals surface area (Å²) in [5, 5.41) is 15.0. The number of aromatic hydroxyl groups is 1. The summed E-state index contributed by atoms with van der Waals surface area (Å²) in [7, 11) is 1.58. The molecule has 0 aliphatic carbocycles. The van der Waals surface area contributed by atoms with E-state index in [-0.39, 0.29) is 29.9 Å². The molecule has 0 radical (unpaired) electrons. The Kier molecular flexibility index (Phi) is 6.90. The number of hydrogen-bond donors (Lipinski definition) is 3. The summed E-state index contributed by atoms with van der Waals surface area (Å²) in [6.45, 7) is 1.12. The van der Waals surface area contributed by atoms with Crippen LogP contribution >= 0.6 is 0 Å². The molecular formula is C22H25N3O5. The topological polar surface area (TPSA) is 108 Å². The molecule has 1 atom stereocenters. The van der Waals surface area contributed by atoms with E-state index in [4.69, 9.17) is 4.74 Å². The fraction of sp³-hybridized carbons (Fsp3) is 0.318. The second-order valence-electron chi connectivity index (χ2n) is 7.05. The monoisotopic (exact) mass is 411 g/mol. The van der Waals surface area contributed by atoms with Crippen molar-refractivity contribution in [3.8, 4) is 11.5 Å². The van der Waals surface area contributed by atoms with Crippen molar-refractivity contribution in [1.82, 2.24) is 10.6 Å². The van der Waals surface area contributed by atoms with Gasteiger partial charge in [0, 0.05) is 37.3 Å². The molecule has 0 spiro atoms. The van der Waals surface area contributed by atoms with Crippen LogP contribution in [-0.2, 0) is 9.59 Å². The Labute approximate surface area is 174 Å². The lowest BCUT2D eigenvalue weighted by Crippen LogP contribution is -2.35. The minimum atomic E-state index is -0.401. The molecule has 1 unspecified atom stereocenters. The normalized spacial score (nSPS) is 15.7. The smallest absolute Gasteiger partial charge is 0.251 e. The number of rotatable bonds is 8. The predicted octanol–water partition coefficient (Wildman–Crippen LogP) is 1.69. The third kappa shape index (κ3) is 5.28. The molecule has 2 aromatic rings. The van der Waals surface area contributed by atoms with Gasteiger partial charge in [-0.3, -0.25) is 14.4 Å². The first kappa shape index (κ1) is 21.2. The van der Waals surface area contributed by atoms with Crippen molar-refractivity contribution in [2.45, 2.75) is 12.8 Å². The van der Waals surface area contributed by atoms with E-state index >= 15 is 0 Å². The molecule has 8 nitrogen and oxygen atoms in total. The fourth-order valence-electron chi connectivity index (χ4n) is 3.29. The van der Waals surface area contributed by atoms with Crippen molar-refractivity contribution in [2.24, 2.45) is 5.92 Å². The van der Waals surface area contributed by atoms with Crippen LogP contribution in [0.1, 0.15) is 23.2 Å². The molecule has 0 aromatic heterocycles. The summed E-state index contributed by atoms with van der Waals surface area (Å²) in [4.78, 5) is 38.3. The van der Waals surface area contributed by atoms with Crippen LogP contribution in [0.25, 0.3) is 0 Å². The van der Waals surface area contributed by atoms with Gasteiger partial charge in [0.15, 0.2) is 0 Å². The Balaban J connectivity index is 1.40.